The van der Waals surface area contributed by atoms with Crippen LogP contribution in [0.25, 0.3) is 0 Å². The topological polar surface area (TPSA) is 46.5 Å². The number of aliphatic hydroxyl groups is 1. The van der Waals surface area contributed by atoms with Crippen LogP contribution in [-0.2, 0) is 9.53 Å². The third-order valence-electron chi connectivity index (χ3n) is 1.29. The fourth-order valence-electron chi connectivity index (χ4n) is 0.632. The van der Waals surface area contributed by atoms with E-state index in [1.54, 1.807) is 11.8 Å². The lowest BCUT2D eigenvalue weighted by Crippen LogP contribution is -2.15. The van der Waals surface area contributed by atoms with E-state index in [1.807, 2.05) is 6.26 Å². The van der Waals surface area contributed by atoms with Gasteiger partial charge in [-0.2, -0.15) is 11.8 Å². The van der Waals surface area contributed by atoms with E-state index in [-0.39, 0.29) is 12.4 Å². The van der Waals surface area contributed by atoms with Gasteiger partial charge in [0.15, 0.2) is 0 Å². The maximum absolute atomic E-state index is 10.6. The summed E-state index contributed by atoms with van der Waals surface area (Å²) >= 11 is 1.65. The van der Waals surface area contributed by atoms with Gasteiger partial charge in [0.05, 0.1) is 19.6 Å². The lowest BCUT2D eigenvalue weighted by atomic mass is 10.2. The Labute approximate surface area is 71.1 Å². The smallest absolute Gasteiger partial charge is 0.308 e. The lowest BCUT2D eigenvalue weighted by molar-refractivity contribution is -0.142. The van der Waals surface area contributed by atoms with Gasteiger partial charge in [-0.05, 0) is 18.4 Å². The summed E-state index contributed by atoms with van der Waals surface area (Å²) < 4.78 is 4.40. The molecule has 0 aliphatic carbocycles. The van der Waals surface area contributed by atoms with Crippen LogP contribution in [0, 0.1) is 0 Å². The number of ether oxygens (including phenoxy) is 1. The molecule has 0 saturated heterocycles. The molecule has 0 aliphatic rings. The van der Waals surface area contributed by atoms with Crippen molar-refractivity contribution in [2.75, 3.05) is 19.1 Å². The number of thioether (sulfide) groups is 1. The molecule has 0 aromatic carbocycles. The first-order valence-corrected chi connectivity index (χ1v) is 4.84. The minimum atomic E-state index is -0.546. The Balaban J connectivity index is 3.35. The number of hydrogen-bond donors (Lipinski definition) is 1. The first-order chi connectivity index (χ1) is 5.20. The largest absolute Gasteiger partial charge is 0.469 e. The summed E-state index contributed by atoms with van der Waals surface area (Å²) in [7, 11) is 1.32. The molecule has 3 nitrogen and oxygen atoms in total. The molecule has 0 unspecified atom stereocenters. The Morgan fingerprint density at radius 1 is 1.73 bits per heavy atom. The summed E-state index contributed by atoms with van der Waals surface area (Å²) in [5, 5.41) is 9.17. The molecule has 0 amide bonds. The van der Waals surface area contributed by atoms with Crippen LogP contribution < -0.4 is 0 Å². The van der Waals surface area contributed by atoms with Gasteiger partial charge in [0, 0.05) is 0 Å². The Hall–Kier alpha value is -0.220. The van der Waals surface area contributed by atoms with Gasteiger partial charge in [-0.25, -0.2) is 0 Å². The van der Waals surface area contributed by atoms with Gasteiger partial charge in [0.2, 0.25) is 0 Å². The van der Waals surface area contributed by atoms with Crippen LogP contribution in [0.3, 0.4) is 0 Å². The van der Waals surface area contributed by atoms with Crippen molar-refractivity contribution in [3.63, 3.8) is 0 Å². The number of esters is 1. The molecule has 0 bridgehead atoms. The highest BCUT2D eigenvalue weighted by Gasteiger charge is 2.09. The minimum absolute atomic E-state index is 0.108. The second kappa shape index (κ2) is 6.49. The van der Waals surface area contributed by atoms with Gasteiger partial charge in [0.1, 0.15) is 0 Å². The van der Waals surface area contributed by atoms with Crippen molar-refractivity contribution in [2.24, 2.45) is 0 Å². The van der Waals surface area contributed by atoms with Crippen molar-refractivity contribution < 1.29 is 14.6 Å². The molecule has 0 heterocycles. The molecule has 0 rings (SSSR count). The van der Waals surface area contributed by atoms with Crippen molar-refractivity contribution in [1.82, 2.24) is 0 Å². The lowest BCUT2D eigenvalue weighted by Gasteiger charge is -2.06. The van der Waals surface area contributed by atoms with Gasteiger partial charge in [-0.1, -0.05) is 0 Å². The Morgan fingerprint density at radius 2 is 2.36 bits per heavy atom. The standard InChI is InChI=1S/C7H14O3S/c1-10-7(9)5-6(8)3-4-11-2/h6,8H,3-5H2,1-2H3/t6-/m1/s1. The molecule has 0 aromatic rings. The Morgan fingerprint density at radius 3 is 2.82 bits per heavy atom. The van der Waals surface area contributed by atoms with Gasteiger partial charge >= 0.3 is 5.97 Å². The van der Waals surface area contributed by atoms with Crippen LogP contribution in [0.5, 0.6) is 0 Å². The SMILES string of the molecule is COC(=O)C[C@H](O)CCSC. The van der Waals surface area contributed by atoms with Crippen molar-refractivity contribution in [3.05, 3.63) is 0 Å². The maximum Gasteiger partial charge on any atom is 0.308 e. The molecular weight excluding hydrogens is 164 g/mol. The fraction of sp³-hybridized carbons (Fsp3) is 0.857. The molecule has 0 aliphatic heterocycles. The van der Waals surface area contributed by atoms with Crippen molar-refractivity contribution in [2.45, 2.75) is 18.9 Å². The number of hydrogen-bond acceptors (Lipinski definition) is 4. The first-order valence-electron chi connectivity index (χ1n) is 3.44. The van der Waals surface area contributed by atoms with E-state index in [0.29, 0.717) is 6.42 Å². The average Bonchev–Trinajstić information content (AvgIpc) is 2.00. The van der Waals surface area contributed by atoms with Crippen LogP contribution in [0.2, 0.25) is 0 Å². The monoisotopic (exact) mass is 178 g/mol. The van der Waals surface area contributed by atoms with Crippen LogP contribution in [0.4, 0.5) is 0 Å². The summed E-state index contributed by atoms with van der Waals surface area (Å²) in [6.07, 6.45) is 2.17. The van der Waals surface area contributed by atoms with Gasteiger partial charge < -0.3 is 9.84 Å². The van der Waals surface area contributed by atoms with Crippen molar-refractivity contribution in [1.29, 1.82) is 0 Å². The van der Waals surface area contributed by atoms with E-state index in [1.165, 1.54) is 7.11 Å². The van der Waals surface area contributed by atoms with E-state index in [9.17, 15) is 4.79 Å². The predicted octanol–water partition coefficient (Wildman–Crippen LogP) is 0.663. The summed E-state index contributed by atoms with van der Waals surface area (Å²) in [6, 6.07) is 0. The van der Waals surface area contributed by atoms with Crippen LogP contribution >= 0.6 is 11.8 Å². The molecule has 0 saturated carbocycles. The zero-order chi connectivity index (χ0) is 8.69. The molecule has 4 heteroatoms. The van der Waals surface area contributed by atoms with Gasteiger partial charge in [-0.15, -0.1) is 0 Å². The molecule has 66 valence electrons. The fourth-order valence-corrected chi connectivity index (χ4v) is 1.14. The van der Waals surface area contributed by atoms with Crippen LogP contribution in [-0.4, -0.2) is 36.3 Å². The zero-order valence-corrected chi connectivity index (χ0v) is 7.69. The first kappa shape index (κ1) is 10.8. The van der Waals surface area contributed by atoms with Gasteiger partial charge in [0.25, 0.3) is 0 Å². The minimum Gasteiger partial charge on any atom is -0.469 e. The number of carbonyl (C=O) groups excluding carboxylic acids is 1. The third-order valence-corrected chi connectivity index (χ3v) is 1.93. The molecule has 0 fully saturated rings. The summed E-state index contributed by atoms with van der Waals surface area (Å²) in [6.45, 7) is 0. The molecule has 0 radical (unpaired) electrons. The number of carbonyl (C=O) groups is 1. The average molecular weight is 178 g/mol. The highest BCUT2D eigenvalue weighted by atomic mass is 32.2. The third kappa shape index (κ3) is 6.19. The Bertz CT molecular complexity index is 116. The van der Waals surface area contributed by atoms with E-state index in [2.05, 4.69) is 4.74 Å². The zero-order valence-electron chi connectivity index (χ0n) is 6.87. The van der Waals surface area contributed by atoms with Crippen LogP contribution in [0.15, 0.2) is 0 Å². The summed E-state index contributed by atoms with van der Waals surface area (Å²) in [4.78, 5) is 10.6. The highest BCUT2D eigenvalue weighted by molar-refractivity contribution is 7.98. The van der Waals surface area contributed by atoms with E-state index in [0.717, 1.165) is 5.75 Å². The van der Waals surface area contributed by atoms with Crippen LogP contribution in [0.1, 0.15) is 12.8 Å². The second-order valence-electron chi connectivity index (χ2n) is 2.22. The summed E-state index contributed by atoms with van der Waals surface area (Å²) in [5.41, 5.74) is 0. The second-order valence-corrected chi connectivity index (χ2v) is 3.20. The highest BCUT2D eigenvalue weighted by Crippen LogP contribution is 2.04. The molecular formula is C7H14O3S. The maximum atomic E-state index is 10.6. The molecule has 0 spiro atoms. The molecule has 1 N–H and O–H groups in total. The number of aliphatic hydroxyl groups excluding tert-OH is 1. The predicted molar refractivity (Wildman–Crippen MR) is 45.6 cm³/mol. The quantitative estimate of drug-likeness (QED) is 0.628. The Kier molecular flexibility index (Phi) is 6.36. The molecule has 11 heavy (non-hydrogen) atoms. The van der Waals surface area contributed by atoms with E-state index in [4.69, 9.17) is 5.11 Å². The molecule has 0 aromatic heterocycles. The van der Waals surface area contributed by atoms with Gasteiger partial charge in [-0.3, -0.25) is 4.79 Å². The molecule has 1 atom stereocenters. The van der Waals surface area contributed by atoms with E-state index >= 15 is 0 Å². The van der Waals surface area contributed by atoms with E-state index < -0.39 is 6.10 Å². The normalized spacial score (nSPS) is 12.6. The number of methoxy groups -OCH3 is 1. The van der Waals surface area contributed by atoms with Crippen molar-refractivity contribution >= 4 is 17.7 Å². The summed E-state index contributed by atoms with van der Waals surface area (Å²) in [5.74, 6) is 0.525. The number of rotatable bonds is 5. The van der Waals surface area contributed by atoms with Crippen molar-refractivity contribution in [3.8, 4) is 0 Å².